The standard InChI is InChI=1S/C25H21F5N2O4S/c26-17-2-4-21(5-3-17)37(35,36)32-14-19(28)13-22(32)23(33)6-1-15-9-18(27)12-20(10-15)31-8-7-16(25(29)30)11-24(31)34/h2-5,7-12,19,22,25H,1,6,13-14H2/t19-,22+/m1/s1. The molecule has 0 amide bonds. The molecule has 2 heterocycles. The second-order valence-electron chi connectivity index (χ2n) is 8.63. The van der Waals surface area contributed by atoms with Crippen LogP contribution in [0.1, 0.15) is 30.4 Å². The number of aryl methyl sites for hydroxylation is 1. The van der Waals surface area contributed by atoms with Gasteiger partial charge in [0.2, 0.25) is 10.0 Å². The highest BCUT2D eigenvalue weighted by molar-refractivity contribution is 7.89. The molecule has 1 aliphatic heterocycles. The van der Waals surface area contributed by atoms with Crippen LogP contribution in [-0.2, 0) is 21.2 Å². The Kier molecular flexibility index (Phi) is 7.60. The van der Waals surface area contributed by atoms with Gasteiger partial charge in [0.25, 0.3) is 12.0 Å². The van der Waals surface area contributed by atoms with Crippen LogP contribution in [0.5, 0.6) is 0 Å². The van der Waals surface area contributed by atoms with Gasteiger partial charge in [-0.25, -0.2) is 30.4 Å². The van der Waals surface area contributed by atoms with Gasteiger partial charge in [0.05, 0.1) is 16.6 Å². The molecule has 1 aromatic heterocycles. The molecule has 37 heavy (non-hydrogen) atoms. The number of pyridine rings is 1. The molecule has 0 bridgehead atoms. The van der Waals surface area contributed by atoms with Gasteiger partial charge in [-0.05, 0) is 60.5 Å². The Bertz CT molecular complexity index is 1480. The summed E-state index contributed by atoms with van der Waals surface area (Å²) in [5, 5.41) is 0. The molecule has 4 rings (SSSR count). The van der Waals surface area contributed by atoms with Crippen LogP contribution >= 0.6 is 0 Å². The Morgan fingerprint density at radius 2 is 1.70 bits per heavy atom. The third-order valence-electron chi connectivity index (χ3n) is 6.07. The number of Topliss-reactive ketones (excluding diaryl/α,β-unsaturated/α-hetero) is 1. The topological polar surface area (TPSA) is 76.5 Å². The summed E-state index contributed by atoms with van der Waals surface area (Å²) in [5.41, 5.74) is -0.937. The molecular weight excluding hydrogens is 519 g/mol. The molecule has 1 fully saturated rings. The summed E-state index contributed by atoms with van der Waals surface area (Å²) in [7, 11) is -4.28. The van der Waals surface area contributed by atoms with Crippen molar-refractivity contribution in [2.75, 3.05) is 6.54 Å². The number of hydrogen-bond donors (Lipinski definition) is 0. The van der Waals surface area contributed by atoms with Crippen LogP contribution in [0.4, 0.5) is 22.0 Å². The lowest BCUT2D eigenvalue weighted by molar-refractivity contribution is -0.122. The van der Waals surface area contributed by atoms with Gasteiger partial charge in [-0.15, -0.1) is 0 Å². The monoisotopic (exact) mass is 540 g/mol. The molecule has 0 radical (unpaired) electrons. The summed E-state index contributed by atoms with van der Waals surface area (Å²) in [6.07, 6.45) is -3.98. The first kappa shape index (κ1) is 26.7. The summed E-state index contributed by atoms with van der Waals surface area (Å²) in [5.74, 6) is -1.98. The molecule has 12 heteroatoms. The third-order valence-corrected chi connectivity index (χ3v) is 7.96. The van der Waals surface area contributed by atoms with Crippen LogP contribution in [0.3, 0.4) is 0 Å². The Labute approximate surface area is 209 Å². The van der Waals surface area contributed by atoms with Crippen molar-refractivity contribution in [3.8, 4) is 5.69 Å². The number of nitrogens with zero attached hydrogens (tertiary/aromatic N) is 2. The average Bonchev–Trinajstić information content (AvgIpc) is 3.25. The van der Waals surface area contributed by atoms with Crippen molar-refractivity contribution in [3.63, 3.8) is 0 Å². The molecule has 1 saturated heterocycles. The van der Waals surface area contributed by atoms with Crippen molar-refractivity contribution in [1.29, 1.82) is 0 Å². The van der Waals surface area contributed by atoms with E-state index in [0.29, 0.717) is 0 Å². The molecule has 0 saturated carbocycles. The number of sulfonamides is 1. The number of rotatable bonds is 8. The van der Waals surface area contributed by atoms with E-state index < -0.39 is 63.7 Å². The molecule has 0 spiro atoms. The SMILES string of the molecule is O=C(CCc1cc(F)cc(-n2ccc(C(F)F)cc2=O)c1)[C@@H]1C[C@@H](F)CN1S(=O)(=O)c1ccc(F)cc1. The fraction of sp³-hybridized carbons (Fsp3) is 0.280. The van der Waals surface area contributed by atoms with Gasteiger partial charge >= 0.3 is 0 Å². The van der Waals surface area contributed by atoms with Crippen molar-refractivity contribution >= 4 is 15.8 Å². The van der Waals surface area contributed by atoms with Crippen molar-refractivity contribution in [2.24, 2.45) is 0 Å². The molecule has 2 atom stereocenters. The average molecular weight is 541 g/mol. The number of ketones is 1. The van der Waals surface area contributed by atoms with Crippen LogP contribution < -0.4 is 5.56 Å². The van der Waals surface area contributed by atoms with E-state index in [1.807, 2.05) is 0 Å². The zero-order valence-corrected chi connectivity index (χ0v) is 20.0. The number of halogens is 5. The zero-order valence-electron chi connectivity index (χ0n) is 19.2. The van der Waals surface area contributed by atoms with E-state index in [2.05, 4.69) is 0 Å². The van der Waals surface area contributed by atoms with Gasteiger partial charge in [-0.3, -0.25) is 14.2 Å². The first-order valence-electron chi connectivity index (χ1n) is 11.2. The first-order valence-corrected chi connectivity index (χ1v) is 12.6. The van der Waals surface area contributed by atoms with Gasteiger partial charge in [-0.2, -0.15) is 4.31 Å². The van der Waals surface area contributed by atoms with Crippen molar-refractivity contribution < 1.29 is 35.2 Å². The lowest BCUT2D eigenvalue weighted by Gasteiger charge is -2.23. The Balaban J connectivity index is 1.52. The summed E-state index contributed by atoms with van der Waals surface area (Å²) >= 11 is 0. The summed E-state index contributed by atoms with van der Waals surface area (Å²) in [6, 6.07) is 7.98. The molecule has 196 valence electrons. The van der Waals surface area contributed by atoms with E-state index in [9.17, 15) is 40.0 Å². The molecule has 1 aliphatic rings. The van der Waals surface area contributed by atoms with E-state index in [0.717, 1.165) is 63.6 Å². The largest absolute Gasteiger partial charge is 0.298 e. The third kappa shape index (κ3) is 5.80. The zero-order chi connectivity index (χ0) is 26.9. The van der Waals surface area contributed by atoms with E-state index >= 15 is 0 Å². The highest BCUT2D eigenvalue weighted by Gasteiger charge is 2.43. The van der Waals surface area contributed by atoms with Crippen molar-refractivity contribution in [1.82, 2.24) is 8.87 Å². The number of carbonyl (C=O) groups is 1. The Hall–Kier alpha value is -3.38. The number of carbonyl (C=O) groups excluding carboxylic acids is 1. The maximum Gasteiger partial charge on any atom is 0.264 e. The molecule has 3 aromatic rings. The fourth-order valence-corrected chi connectivity index (χ4v) is 5.90. The lowest BCUT2D eigenvalue weighted by Crippen LogP contribution is -2.40. The Morgan fingerprint density at radius 1 is 1.00 bits per heavy atom. The van der Waals surface area contributed by atoms with Crippen LogP contribution in [0.15, 0.2) is 70.5 Å². The van der Waals surface area contributed by atoms with E-state index in [-0.39, 0.29) is 35.4 Å². The first-order chi connectivity index (χ1) is 17.5. The minimum absolute atomic E-state index is 0.0502. The second-order valence-corrected chi connectivity index (χ2v) is 10.5. The highest BCUT2D eigenvalue weighted by Crippen LogP contribution is 2.29. The van der Waals surface area contributed by atoms with Gasteiger partial charge in [0, 0.05) is 37.2 Å². The van der Waals surface area contributed by atoms with E-state index in [1.165, 1.54) is 6.07 Å². The van der Waals surface area contributed by atoms with Crippen molar-refractivity contribution in [3.05, 3.63) is 93.9 Å². The fourth-order valence-electron chi connectivity index (χ4n) is 4.25. The number of benzene rings is 2. The van der Waals surface area contributed by atoms with Gasteiger partial charge in [0.15, 0.2) is 5.78 Å². The maximum atomic E-state index is 14.3. The van der Waals surface area contributed by atoms with Crippen molar-refractivity contribution in [2.45, 2.75) is 42.8 Å². The summed E-state index contributed by atoms with van der Waals surface area (Å²) in [4.78, 5) is 24.9. The summed E-state index contributed by atoms with van der Waals surface area (Å²) in [6.45, 7) is -0.530. The second kappa shape index (κ2) is 10.5. The molecule has 0 unspecified atom stereocenters. The van der Waals surface area contributed by atoms with Crippen LogP contribution in [0, 0.1) is 11.6 Å². The number of alkyl halides is 3. The molecule has 0 N–H and O–H groups in total. The van der Waals surface area contributed by atoms with Crippen LogP contribution in [-0.4, -0.2) is 41.8 Å². The normalized spacial score (nSPS) is 18.4. The highest BCUT2D eigenvalue weighted by atomic mass is 32.2. The smallest absolute Gasteiger partial charge is 0.264 e. The van der Waals surface area contributed by atoms with Crippen LogP contribution in [0.2, 0.25) is 0 Å². The molecule has 6 nitrogen and oxygen atoms in total. The minimum atomic E-state index is -4.28. The molecule has 0 aliphatic carbocycles. The minimum Gasteiger partial charge on any atom is -0.298 e. The van der Waals surface area contributed by atoms with Gasteiger partial charge < -0.3 is 0 Å². The lowest BCUT2D eigenvalue weighted by atomic mass is 10.0. The maximum absolute atomic E-state index is 14.3. The Morgan fingerprint density at radius 3 is 2.35 bits per heavy atom. The van der Waals surface area contributed by atoms with E-state index in [1.54, 1.807) is 0 Å². The quantitative estimate of drug-likeness (QED) is 0.398. The number of hydrogen-bond acceptors (Lipinski definition) is 4. The van der Waals surface area contributed by atoms with Crippen LogP contribution in [0.25, 0.3) is 5.69 Å². The van der Waals surface area contributed by atoms with Gasteiger partial charge in [-0.1, -0.05) is 0 Å². The number of aromatic nitrogens is 1. The summed E-state index contributed by atoms with van der Waals surface area (Å²) < 4.78 is 95.1. The van der Waals surface area contributed by atoms with E-state index in [4.69, 9.17) is 0 Å². The predicted octanol–water partition coefficient (Wildman–Crippen LogP) is 4.36. The predicted molar refractivity (Wildman–Crippen MR) is 124 cm³/mol. The molecular formula is C25H21F5N2O4S. The van der Waals surface area contributed by atoms with Gasteiger partial charge in [0.1, 0.15) is 17.8 Å². The molecule has 2 aromatic carbocycles.